The van der Waals surface area contributed by atoms with Crippen LogP contribution in [0.2, 0.25) is 0 Å². The van der Waals surface area contributed by atoms with Gasteiger partial charge in [0.25, 0.3) is 0 Å². The molecule has 2 aliphatic carbocycles. The number of pyridine rings is 1. The van der Waals surface area contributed by atoms with Crippen LogP contribution < -0.4 is 5.32 Å². The van der Waals surface area contributed by atoms with Gasteiger partial charge in [-0.1, -0.05) is 13.3 Å². The molecule has 0 spiro atoms. The number of rotatable bonds is 6. The van der Waals surface area contributed by atoms with Crippen molar-refractivity contribution in [3.63, 3.8) is 0 Å². The molecule has 1 aromatic rings. The van der Waals surface area contributed by atoms with E-state index in [1.165, 1.54) is 49.7 Å². The van der Waals surface area contributed by atoms with Crippen molar-refractivity contribution in [1.29, 1.82) is 0 Å². The molecule has 20 heavy (non-hydrogen) atoms. The van der Waals surface area contributed by atoms with Crippen molar-refractivity contribution in [3.05, 3.63) is 29.6 Å². The summed E-state index contributed by atoms with van der Waals surface area (Å²) < 4.78 is 0. The quantitative estimate of drug-likeness (QED) is 0.837. The number of nitrogens with one attached hydrogen (secondary N) is 1. The zero-order chi connectivity index (χ0) is 13.9. The van der Waals surface area contributed by atoms with Crippen LogP contribution in [0.25, 0.3) is 0 Å². The fourth-order valence-electron chi connectivity index (χ4n) is 4.48. The minimum atomic E-state index is 0.530. The molecule has 1 N–H and O–H groups in total. The highest BCUT2D eigenvalue weighted by Crippen LogP contribution is 2.51. The van der Waals surface area contributed by atoms with Gasteiger partial charge in [-0.25, -0.2) is 0 Å². The van der Waals surface area contributed by atoms with Crippen LogP contribution in [-0.2, 0) is 0 Å². The molecular formula is C18H28N2. The minimum Gasteiger partial charge on any atom is -0.310 e. The first-order chi connectivity index (χ1) is 9.78. The van der Waals surface area contributed by atoms with Crippen molar-refractivity contribution in [2.45, 2.75) is 58.4 Å². The second kappa shape index (κ2) is 6.26. The maximum absolute atomic E-state index is 4.25. The van der Waals surface area contributed by atoms with Gasteiger partial charge in [-0.3, -0.25) is 4.98 Å². The summed E-state index contributed by atoms with van der Waals surface area (Å²) in [5, 5.41) is 3.79. The molecule has 0 amide bonds. The van der Waals surface area contributed by atoms with Crippen molar-refractivity contribution in [1.82, 2.24) is 10.3 Å². The van der Waals surface area contributed by atoms with E-state index in [1.54, 1.807) is 0 Å². The lowest BCUT2D eigenvalue weighted by Gasteiger charge is -2.28. The van der Waals surface area contributed by atoms with Crippen LogP contribution in [0.3, 0.4) is 0 Å². The van der Waals surface area contributed by atoms with E-state index in [2.05, 4.69) is 30.2 Å². The van der Waals surface area contributed by atoms with E-state index in [0.717, 1.165) is 24.3 Å². The fourth-order valence-corrected chi connectivity index (χ4v) is 4.48. The van der Waals surface area contributed by atoms with Crippen LogP contribution in [-0.4, -0.2) is 11.5 Å². The van der Waals surface area contributed by atoms with Crippen LogP contribution in [0.1, 0.15) is 62.6 Å². The maximum Gasteiger partial charge on any atom is 0.0326 e. The van der Waals surface area contributed by atoms with Crippen molar-refractivity contribution < 1.29 is 0 Å². The summed E-state index contributed by atoms with van der Waals surface area (Å²) in [4.78, 5) is 4.25. The number of hydrogen-bond donors (Lipinski definition) is 1. The minimum absolute atomic E-state index is 0.530. The molecule has 2 bridgehead atoms. The molecule has 1 aromatic heterocycles. The van der Waals surface area contributed by atoms with Crippen LogP contribution in [0.4, 0.5) is 0 Å². The lowest BCUT2D eigenvalue weighted by molar-refractivity contribution is 0.279. The molecule has 0 aliphatic heterocycles. The van der Waals surface area contributed by atoms with Gasteiger partial charge in [-0.05, 0) is 80.5 Å². The summed E-state index contributed by atoms with van der Waals surface area (Å²) >= 11 is 0. The normalized spacial score (nSPS) is 29.8. The van der Waals surface area contributed by atoms with Crippen LogP contribution in [0.5, 0.6) is 0 Å². The third-order valence-corrected chi connectivity index (χ3v) is 5.50. The summed E-state index contributed by atoms with van der Waals surface area (Å²) in [5.41, 5.74) is 2.81. The first-order valence-electron chi connectivity index (χ1n) is 8.41. The SMILES string of the molecule is CCCNC(CC1CC2CCC1C2)c1ccncc1C. The predicted octanol–water partition coefficient (Wildman–Crippen LogP) is 4.26. The highest BCUT2D eigenvalue weighted by Gasteiger charge is 2.40. The number of fused-ring (bicyclic) bond motifs is 2. The molecule has 2 nitrogen and oxygen atoms in total. The zero-order valence-electron chi connectivity index (χ0n) is 12.9. The highest BCUT2D eigenvalue weighted by atomic mass is 14.9. The van der Waals surface area contributed by atoms with E-state index >= 15 is 0 Å². The van der Waals surface area contributed by atoms with Gasteiger partial charge in [0, 0.05) is 18.4 Å². The van der Waals surface area contributed by atoms with Gasteiger partial charge >= 0.3 is 0 Å². The van der Waals surface area contributed by atoms with Crippen molar-refractivity contribution >= 4 is 0 Å². The molecule has 2 saturated carbocycles. The molecule has 3 rings (SSSR count). The second-order valence-electron chi connectivity index (χ2n) is 6.91. The van der Waals surface area contributed by atoms with Gasteiger partial charge < -0.3 is 5.32 Å². The Labute approximate surface area is 123 Å². The number of aryl methyl sites for hydroxylation is 1. The van der Waals surface area contributed by atoms with Gasteiger partial charge in [0.2, 0.25) is 0 Å². The highest BCUT2D eigenvalue weighted by molar-refractivity contribution is 5.25. The van der Waals surface area contributed by atoms with Crippen LogP contribution in [0.15, 0.2) is 18.5 Å². The van der Waals surface area contributed by atoms with Crippen molar-refractivity contribution in [2.75, 3.05) is 6.54 Å². The largest absolute Gasteiger partial charge is 0.310 e. The van der Waals surface area contributed by atoms with Gasteiger partial charge in [-0.15, -0.1) is 0 Å². The topological polar surface area (TPSA) is 24.9 Å². The van der Waals surface area contributed by atoms with Crippen molar-refractivity contribution in [2.24, 2.45) is 17.8 Å². The summed E-state index contributed by atoms with van der Waals surface area (Å²) in [6.07, 6.45) is 12.5. The zero-order valence-corrected chi connectivity index (χ0v) is 12.9. The molecule has 2 fully saturated rings. The Morgan fingerprint density at radius 1 is 1.35 bits per heavy atom. The molecule has 4 unspecified atom stereocenters. The van der Waals surface area contributed by atoms with E-state index in [9.17, 15) is 0 Å². The van der Waals surface area contributed by atoms with E-state index in [-0.39, 0.29) is 0 Å². The van der Waals surface area contributed by atoms with E-state index in [0.29, 0.717) is 6.04 Å². The van der Waals surface area contributed by atoms with Crippen LogP contribution in [0, 0.1) is 24.7 Å². The molecule has 0 aromatic carbocycles. The lowest BCUT2D eigenvalue weighted by atomic mass is 9.82. The van der Waals surface area contributed by atoms with Crippen LogP contribution >= 0.6 is 0 Å². The van der Waals surface area contributed by atoms with Crippen molar-refractivity contribution in [3.8, 4) is 0 Å². The molecular weight excluding hydrogens is 244 g/mol. The van der Waals surface area contributed by atoms with E-state index < -0.39 is 0 Å². The summed E-state index contributed by atoms with van der Waals surface area (Å²) in [7, 11) is 0. The third kappa shape index (κ3) is 2.90. The van der Waals surface area contributed by atoms with Gasteiger partial charge in [0.15, 0.2) is 0 Å². The Bertz CT molecular complexity index is 443. The maximum atomic E-state index is 4.25. The van der Waals surface area contributed by atoms with Gasteiger partial charge in [-0.2, -0.15) is 0 Å². The fraction of sp³-hybridized carbons (Fsp3) is 0.722. The summed E-state index contributed by atoms with van der Waals surface area (Å²) in [6.45, 7) is 5.57. The Morgan fingerprint density at radius 2 is 2.25 bits per heavy atom. The van der Waals surface area contributed by atoms with E-state index in [1.807, 2.05) is 12.4 Å². The Balaban J connectivity index is 1.71. The molecule has 2 aliphatic rings. The molecule has 1 heterocycles. The lowest BCUT2D eigenvalue weighted by Crippen LogP contribution is -2.27. The average Bonchev–Trinajstić information content (AvgIpc) is 3.06. The van der Waals surface area contributed by atoms with Gasteiger partial charge in [0.05, 0.1) is 0 Å². The number of nitrogens with zero attached hydrogens (tertiary/aromatic N) is 1. The monoisotopic (exact) mass is 272 g/mol. The first-order valence-corrected chi connectivity index (χ1v) is 8.41. The molecule has 110 valence electrons. The number of hydrogen-bond acceptors (Lipinski definition) is 2. The molecule has 0 saturated heterocycles. The predicted molar refractivity (Wildman–Crippen MR) is 83.6 cm³/mol. The van der Waals surface area contributed by atoms with Gasteiger partial charge in [0.1, 0.15) is 0 Å². The Kier molecular flexibility index (Phi) is 4.40. The molecule has 4 atom stereocenters. The van der Waals surface area contributed by atoms with E-state index in [4.69, 9.17) is 0 Å². The third-order valence-electron chi connectivity index (χ3n) is 5.50. The number of aromatic nitrogens is 1. The molecule has 2 heteroatoms. The second-order valence-corrected chi connectivity index (χ2v) is 6.91. The molecule has 0 radical (unpaired) electrons. The standard InChI is InChI=1S/C18H28N2/c1-3-7-20-18(17-6-8-19-12-13(17)2)11-16-10-14-4-5-15(16)9-14/h6,8,12,14-16,18,20H,3-5,7,9-11H2,1-2H3. The Morgan fingerprint density at radius 3 is 2.90 bits per heavy atom. The average molecular weight is 272 g/mol. The summed E-state index contributed by atoms with van der Waals surface area (Å²) in [5.74, 6) is 3.03. The Hall–Kier alpha value is -0.890. The smallest absolute Gasteiger partial charge is 0.0326 e. The first kappa shape index (κ1) is 14.1. The summed E-state index contributed by atoms with van der Waals surface area (Å²) in [6, 6.07) is 2.75.